The van der Waals surface area contributed by atoms with E-state index in [0.29, 0.717) is 23.8 Å². The van der Waals surface area contributed by atoms with Crippen LogP contribution in [0, 0.1) is 0 Å². The minimum Gasteiger partial charge on any atom is -0.497 e. The van der Waals surface area contributed by atoms with Gasteiger partial charge < -0.3 is 15.0 Å². The van der Waals surface area contributed by atoms with Gasteiger partial charge in [-0.15, -0.1) is 11.3 Å². The first kappa shape index (κ1) is 18.3. The molecule has 0 aliphatic carbocycles. The van der Waals surface area contributed by atoms with Crippen LogP contribution in [0.2, 0.25) is 0 Å². The Morgan fingerprint density at radius 3 is 2.50 bits per heavy atom. The fourth-order valence-electron chi connectivity index (χ4n) is 2.84. The zero-order chi connectivity index (χ0) is 18.5. The van der Waals surface area contributed by atoms with E-state index < -0.39 is 0 Å². The zero-order valence-electron chi connectivity index (χ0n) is 14.9. The summed E-state index contributed by atoms with van der Waals surface area (Å²) >= 11 is 1.43. The molecule has 1 saturated heterocycles. The van der Waals surface area contributed by atoms with Crippen molar-refractivity contribution in [3.63, 3.8) is 0 Å². The van der Waals surface area contributed by atoms with Crippen molar-refractivity contribution in [1.29, 1.82) is 0 Å². The topological polar surface area (TPSA) is 74.8 Å². The van der Waals surface area contributed by atoms with Gasteiger partial charge in [0.25, 0.3) is 5.91 Å². The van der Waals surface area contributed by atoms with Gasteiger partial charge >= 0.3 is 0 Å². The molecular weight excluding hydrogens is 352 g/mol. The van der Waals surface area contributed by atoms with E-state index in [1.807, 2.05) is 10.3 Å². The second kappa shape index (κ2) is 8.29. The third-order valence-electron chi connectivity index (χ3n) is 4.22. The zero-order valence-corrected chi connectivity index (χ0v) is 15.7. The molecule has 0 saturated carbocycles. The Morgan fingerprint density at radius 2 is 1.88 bits per heavy atom. The summed E-state index contributed by atoms with van der Waals surface area (Å²) in [6, 6.07) is 7.20. The molecule has 1 aromatic carbocycles. The highest BCUT2D eigenvalue weighted by Gasteiger charge is 2.22. The number of rotatable bonds is 5. The summed E-state index contributed by atoms with van der Waals surface area (Å²) < 4.78 is 5.13. The Balaban J connectivity index is 1.51. The van der Waals surface area contributed by atoms with Gasteiger partial charge in [-0.05, 0) is 24.3 Å². The van der Waals surface area contributed by atoms with Crippen LogP contribution in [0.3, 0.4) is 0 Å². The fourth-order valence-corrected chi connectivity index (χ4v) is 3.59. The number of carbonyl (C=O) groups excluding carboxylic acids is 2. The quantitative estimate of drug-likeness (QED) is 0.867. The standard InChI is InChI=1S/C18H22N4O3S/c1-13(23)19-18-20-15(12-26-18)11-21-7-9-22(10-8-21)17(24)14-3-5-16(25-2)6-4-14/h3-6,12H,7-11H2,1-2H3,(H,19,20,23). The van der Waals surface area contributed by atoms with E-state index in [0.717, 1.165) is 31.1 Å². The highest BCUT2D eigenvalue weighted by atomic mass is 32.1. The number of methoxy groups -OCH3 is 1. The third kappa shape index (κ3) is 4.59. The number of aromatic nitrogens is 1. The first-order valence-corrected chi connectivity index (χ1v) is 9.31. The maximum atomic E-state index is 12.6. The molecule has 0 atom stereocenters. The number of hydrogen-bond donors (Lipinski definition) is 1. The highest BCUT2D eigenvalue weighted by molar-refractivity contribution is 7.13. The third-order valence-corrected chi connectivity index (χ3v) is 5.02. The van der Waals surface area contributed by atoms with E-state index in [4.69, 9.17) is 4.74 Å². The molecule has 0 unspecified atom stereocenters. The lowest BCUT2D eigenvalue weighted by Gasteiger charge is -2.34. The maximum absolute atomic E-state index is 12.6. The Kier molecular flexibility index (Phi) is 5.85. The monoisotopic (exact) mass is 374 g/mol. The van der Waals surface area contributed by atoms with E-state index in [-0.39, 0.29) is 11.8 Å². The largest absolute Gasteiger partial charge is 0.497 e. The summed E-state index contributed by atoms with van der Waals surface area (Å²) in [7, 11) is 1.61. The molecule has 3 rings (SSSR count). The average Bonchev–Trinajstić information content (AvgIpc) is 3.08. The fraction of sp³-hybridized carbons (Fsp3) is 0.389. The molecule has 138 valence electrons. The molecular formula is C18H22N4O3S. The van der Waals surface area contributed by atoms with Crippen molar-refractivity contribution in [2.24, 2.45) is 0 Å². The first-order chi connectivity index (χ1) is 12.5. The number of piperazine rings is 1. The van der Waals surface area contributed by atoms with E-state index in [1.54, 1.807) is 31.4 Å². The Hall–Kier alpha value is -2.45. The van der Waals surface area contributed by atoms with Crippen molar-refractivity contribution in [2.75, 3.05) is 38.6 Å². The van der Waals surface area contributed by atoms with Gasteiger partial charge in [0.1, 0.15) is 5.75 Å². The van der Waals surface area contributed by atoms with Gasteiger partial charge in [-0.3, -0.25) is 14.5 Å². The van der Waals surface area contributed by atoms with Crippen LogP contribution in [0.5, 0.6) is 5.75 Å². The van der Waals surface area contributed by atoms with Crippen molar-refractivity contribution in [2.45, 2.75) is 13.5 Å². The summed E-state index contributed by atoms with van der Waals surface area (Å²) in [6.07, 6.45) is 0. The molecule has 1 N–H and O–H groups in total. The summed E-state index contributed by atoms with van der Waals surface area (Å²) in [5.74, 6) is 0.679. The van der Waals surface area contributed by atoms with Crippen LogP contribution in [0.4, 0.5) is 5.13 Å². The maximum Gasteiger partial charge on any atom is 0.253 e. The number of hydrogen-bond acceptors (Lipinski definition) is 6. The lowest BCUT2D eigenvalue weighted by Crippen LogP contribution is -2.48. The predicted octanol–water partition coefficient (Wildman–Crippen LogP) is 2.07. The predicted molar refractivity (Wildman–Crippen MR) is 101 cm³/mol. The van der Waals surface area contributed by atoms with Crippen LogP contribution < -0.4 is 10.1 Å². The van der Waals surface area contributed by atoms with E-state index in [9.17, 15) is 9.59 Å². The van der Waals surface area contributed by atoms with Crippen LogP contribution in [-0.2, 0) is 11.3 Å². The lowest BCUT2D eigenvalue weighted by molar-refractivity contribution is -0.114. The number of thiazole rings is 1. The van der Waals surface area contributed by atoms with Crippen molar-refractivity contribution in [3.05, 3.63) is 40.9 Å². The minimum atomic E-state index is -0.114. The molecule has 0 bridgehead atoms. The van der Waals surface area contributed by atoms with Crippen LogP contribution in [-0.4, -0.2) is 59.9 Å². The molecule has 8 heteroatoms. The molecule has 1 aliphatic rings. The number of anilines is 1. The summed E-state index contributed by atoms with van der Waals surface area (Å²) in [6.45, 7) is 5.17. The normalized spacial score (nSPS) is 14.9. The molecule has 26 heavy (non-hydrogen) atoms. The van der Waals surface area contributed by atoms with Gasteiger partial charge in [-0.1, -0.05) is 0 Å². The van der Waals surface area contributed by atoms with Gasteiger partial charge in [0.15, 0.2) is 5.13 Å². The number of ether oxygens (including phenoxy) is 1. The molecule has 2 aromatic rings. The smallest absolute Gasteiger partial charge is 0.253 e. The molecule has 0 radical (unpaired) electrons. The van der Waals surface area contributed by atoms with Gasteiger partial charge in [0.05, 0.1) is 12.8 Å². The molecule has 2 amide bonds. The number of carbonyl (C=O) groups is 2. The minimum absolute atomic E-state index is 0.0499. The Morgan fingerprint density at radius 1 is 1.19 bits per heavy atom. The Bertz CT molecular complexity index is 767. The highest BCUT2D eigenvalue weighted by Crippen LogP contribution is 2.18. The molecule has 2 heterocycles. The second-order valence-electron chi connectivity index (χ2n) is 6.12. The number of nitrogens with one attached hydrogen (secondary N) is 1. The van der Waals surface area contributed by atoms with Gasteiger partial charge in [-0.25, -0.2) is 4.98 Å². The first-order valence-electron chi connectivity index (χ1n) is 8.43. The van der Waals surface area contributed by atoms with Crippen LogP contribution in [0.1, 0.15) is 23.0 Å². The SMILES string of the molecule is COc1ccc(C(=O)N2CCN(Cc3csc(NC(C)=O)n3)CC2)cc1. The van der Waals surface area contributed by atoms with Gasteiger partial charge in [-0.2, -0.15) is 0 Å². The van der Waals surface area contributed by atoms with Crippen molar-refractivity contribution in [3.8, 4) is 5.75 Å². The molecule has 1 fully saturated rings. The Labute approximate surface area is 156 Å². The number of amides is 2. The summed E-state index contributed by atoms with van der Waals surface area (Å²) in [5, 5.41) is 5.28. The van der Waals surface area contributed by atoms with Crippen LogP contribution in [0.25, 0.3) is 0 Å². The molecule has 1 aromatic heterocycles. The van der Waals surface area contributed by atoms with Crippen molar-refractivity contribution in [1.82, 2.24) is 14.8 Å². The molecule has 1 aliphatic heterocycles. The van der Waals surface area contributed by atoms with E-state index in [2.05, 4.69) is 15.2 Å². The van der Waals surface area contributed by atoms with Gasteiger partial charge in [0.2, 0.25) is 5.91 Å². The summed E-state index contributed by atoms with van der Waals surface area (Å²) in [4.78, 5) is 32.2. The number of nitrogens with zero attached hydrogens (tertiary/aromatic N) is 3. The van der Waals surface area contributed by atoms with E-state index >= 15 is 0 Å². The van der Waals surface area contributed by atoms with Crippen LogP contribution in [0.15, 0.2) is 29.6 Å². The van der Waals surface area contributed by atoms with Crippen LogP contribution >= 0.6 is 11.3 Å². The molecule has 7 nitrogen and oxygen atoms in total. The lowest BCUT2D eigenvalue weighted by atomic mass is 10.1. The number of benzene rings is 1. The van der Waals surface area contributed by atoms with Crippen molar-refractivity contribution < 1.29 is 14.3 Å². The molecule has 0 spiro atoms. The van der Waals surface area contributed by atoms with Crippen molar-refractivity contribution >= 4 is 28.3 Å². The second-order valence-corrected chi connectivity index (χ2v) is 6.98. The van der Waals surface area contributed by atoms with Gasteiger partial charge in [0, 0.05) is 50.6 Å². The van der Waals surface area contributed by atoms with E-state index in [1.165, 1.54) is 18.3 Å². The summed E-state index contributed by atoms with van der Waals surface area (Å²) in [5.41, 5.74) is 1.62. The average molecular weight is 374 g/mol.